The fourth-order valence-corrected chi connectivity index (χ4v) is 2.41. The van der Waals surface area contributed by atoms with Crippen LogP contribution in [0.1, 0.15) is 19.4 Å². The molecule has 1 aromatic carbocycles. The summed E-state index contributed by atoms with van der Waals surface area (Å²) in [5.41, 5.74) is 2.12. The maximum Gasteiger partial charge on any atom is 0.122 e. The van der Waals surface area contributed by atoms with Crippen molar-refractivity contribution in [2.75, 3.05) is 7.11 Å². The van der Waals surface area contributed by atoms with Crippen LogP contribution in [0, 0.1) is 0 Å². The first-order valence-corrected chi connectivity index (χ1v) is 7.00. The molecule has 0 aliphatic carbocycles. The molecule has 0 N–H and O–H groups in total. The molecule has 0 unspecified atom stereocenters. The van der Waals surface area contributed by atoms with Gasteiger partial charge < -0.3 is 9.57 Å². The Morgan fingerprint density at radius 2 is 2.11 bits per heavy atom. The van der Waals surface area contributed by atoms with E-state index < -0.39 is 0 Å². The van der Waals surface area contributed by atoms with Crippen LogP contribution in [0.5, 0.6) is 5.75 Å². The predicted molar refractivity (Wildman–Crippen MR) is 80.1 cm³/mol. The van der Waals surface area contributed by atoms with E-state index in [4.69, 9.17) is 9.57 Å². The third-order valence-corrected chi connectivity index (χ3v) is 3.41. The molecule has 0 amide bonds. The lowest BCUT2D eigenvalue weighted by Crippen LogP contribution is -1.97. The Bertz CT molecular complexity index is 547. The molecule has 1 aromatic heterocycles. The SMILES string of the molecule is COc1ccc(-c2cccs2)c(/C=N/OC(C)C)c1. The number of hydrogen-bond donors (Lipinski definition) is 0. The van der Waals surface area contributed by atoms with E-state index in [1.54, 1.807) is 24.7 Å². The Hall–Kier alpha value is -1.81. The second-order valence-electron chi connectivity index (χ2n) is 4.32. The number of benzene rings is 1. The van der Waals surface area contributed by atoms with Crippen LogP contribution in [0.25, 0.3) is 10.4 Å². The number of rotatable bonds is 5. The number of nitrogens with zero attached hydrogens (tertiary/aromatic N) is 1. The molecule has 0 aliphatic rings. The lowest BCUT2D eigenvalue weighted by molar-refractivity contribution is 0.0874. The third-order valence-electron chi connectivity index (χ3n) is 2.51. The largest absolute Gasteiger partial charge is 0.497 e. The summed E-state index contributed by atoms with van der Waals surface area (Å²) >= 11 is 1.70. The van der Waals surface area contributed by atoms with Gasteiger partial charge in [0, 0.05) is 16.0 Å². The lowest BCUT2D eigenvalue weighted by atomic mass is 10.1. The molecule has 100 valence electrons. The van der Waals surface area contributed by atoms with Crippen molar-refractivity contribution in [1.29, 1.82) is 0 Å². The highest BCUT2D eigenvalue weighted by Gasteiger charge is 2.06. The van der Waals surface area contributed by atoms with Gasteiger partial charge in [-0.25, -0.2) is 0 Å². The molecule has 0 atom stereocenters. The summed E-state index contributed by atoms with van der Waals surface area (Å²) in [6, 6.07) is 10.1. The smallest absolute Gasteiger partial charge is 0.122 e. The van der Waals surface area contributed by atoms with Crippen LogP contribution in [0.15, 0.2) is 40.9 Å². The standard InChI is InChI=1S/C15H17NO2S/c1-11(2)18-16-10-12-9-13(17-3)6-7-14(12)15-5-4-8-19-15/h4-11H,1-3H3/b16-10+. The van der Waals surface area contributed by atoms with E-state index in [1.165, 1.54) is 4.88 Å². The van der Waals surface area contributed by atoms with Crippen molar-refractivity contribution < 1.29 is 9.57 Å². The van der Waals surface area contributed by atoms with Gasteiger partial charge in [-0.1, -0.05) is 11.2 Å². The molecule has 0 radical (unpaired) electrons. The first-order valence-electron chi connectivity index (χ1n) is 6.12. The topological polar surface area (TPSA) is 30.8 Å². The molecule has 0 fully saturated rings. The minimum atomic E-state index is 0.0760. The normalized spacial score (nSPS) is 11.2. The van der Waals surface area contributed by atoms with Crippen molar-refractivity contribution in [1.82, 2.24) is 0 Å². The average molecular weight is 275 g/mol. The van der Waals surface area contributed by atoms with E-state index in [9.17, 15) is 0 Å². The fraction of sp³-hybridized carbons (Fsp3) is 0.267. The van der Waals surface area contributed by atoms with Crippen LogP contribution in [0.2, 0.25) is 0 Å². The Kier molecular flexibility index (Phi) is 4.58. The first-order chi connectivity index (χ1) is 9.20. The van der Waals surface area contributed by atoms with Crippen LogP contribution in [0.4, 0.5) is 0 Å². The molecule has 19 heavy (non-hydrogen) atoms. The quantitative estimate of drug-likeness (QED) is 0.605. The fourth-order valence-electron chi connectivity index (χ4n) is 1.64. The molecule has 0 spiro atoms. The summed E-state index contributed by atoms with van der Waals surface area (Å²) in [6.45, 7) is 3.90. The molecular formula is C15H17NO2S. The van der Waals surface area contributed by atoms with Gasteiger partial charge >= 0.3 is 0 Å². The van der Waals surface area contributed by atoms with Crippen molar-refractivity contribution in [3.05, 3.63) is 41.3 Å². The predicted octanol–water partition coefficient (Wildman–Crippen LogP) is 4.18. The first kappa shape index (κ1) is 13.6. The minimum Gasteiger partial charge on any atom is -0.497 e. The van der Waals surface area contributed by atoms with Gasteiger partial charge in [-0.15, -0.1) is 11.3 Å². The second-order valence-corrected chi connectivity index (χ2v) is 5.27. The summed E-state index contributed by atoms with van der Waals surface area (Å²) in [5, 5.41) is 6.07. The molecule has 0 saturated heterocycles. The van der Waals surface area contributed by atoms with E-state index in [1.807, 2.05) is 38.1 Å². The van der Waals surface area contributed by atoms with Crippen LogP contribution < -0.4 is 4.74 Å². The van der Waals surface area contributed by atoms with Crippen molar-refractivity contribution >= 4 is 17.6 Å². The zero-order valence-corrected chi connectivity index (χ0v) is 12.1. The molecule has 0 saturated carbocycles. The molecule has 4 heteroatoms. The van der Waals surface area contributed by atoms with Crippen molar-refractivity contribution in [3.8, 4) is 16.2 Å². The molecule has 0 aliphatic heterocycles. The summed E-state index contributed by atoms with van der Waals surface area (Å²) in [6.07, 6.45) is 1.81. The van der Waals surface area contributed by atoms with Crippen molar-refractivity contribution in [3.63, 3.8) is 0 Å². The zero-order valence-electron chi connectivity index (χ0n) is 11.3. The Labute approximate surface area is 117 Å². The Morgan fingerprint density at radius 3 is 2.74 bits per heavy atom. The number of methoxy groups -OCH3 is 1. The Morgan fingerprint density at radius 1 is 1.26 bits per heavy atom. The van der Waals surface area contributed by atoms with E-state index in [-0.39, 0.29) is 6.10 Å². The minimum absolute atomic E-state index is 0.0760. The van der Waals surface area contributed by atoms with Crippen LogP contribution >= 0.6 is 11.3 Å². The Balaban J connectivity index is 2.34. The van der Waals surface area contributed by atoms with Gasteiger partial charge in [0.2, 0.25) is 0 Å². The molecule has 2 rings (SSSR count). The molecule has 0 bridgehead atoms. The number of hydrogen-bond acceptors (Lipinski definition) is 4. The second kappa shape index (κ2) is 6.38. The van der Waals surface area contributed by atoms with Gasteiger partial charge in [0.05, 0.1) is 13.3 Å². The van der Waals surface area contributed by atoms with Gasteiger partial charge in [0.1, 0.15) is 11.9 Å². The highest BCUT2D eigenvalue weighted by Crippen LogP contribution is 2.29. The van der Waals surface area contributed by atoms with E-state index in [0.29, 0.717) is 0 Å². The highest BCUT2D eigenvalue weighted by atomic mass is 32.1. The van der Waals surface area contributed by atoms with Gasteiger partial charge in [0.25, 0.3) is 0 Å². The summed E-state index contributed by atoms with van der Waals surface area (Å²) in [7, 11) is 1.66. The maximum absolute atomic E-state index is 5.26. The molecule has 2 aromatic rings. The van der Waals surface area contributed by atoms with E-state index in [0.717, 1.165) is 16.9 Å². The lowest BCUT2D eigenvalue weighted by Gasteiger charge is -2.07. The monoisotopic (exact) mass is 275 g/mol. The molecular weight excluding hydrogens is 258 g/mol. The highest BCUT2D eigenvalue weighted by molar-refractivity contribution is 7.13. The number of ether oxygens (including phenoxy) is 1. The van der Waals surface area contributed by atoms with E-state index in [2.05, 4.69) is 16.6 Å². The van der Waals surface area contributed by atoms with Gasteiger partial charge in [-0.05, 0) is 43.5 Å². The van der Waals surface area contributed by atoms with Crippen molar-refractivity contribution in [2.24, 2.45) is 5.16 Å². The van der Waals surface area contributed by atoms with Crippen LogP contribution in [-0.2, 0) is 4.84 Å². The van der Waals surface area contributed by atoms with Crippen LogP contribution in [-0.4, -0.2) is 19.4 Å². The number of thiophene rings is 1. The zero-order chi connectivity index (χ0) is 13.7. The van der Waals surface area contributed by atoms with Crippen molar-refractivity contribution in [2.45, 2.75) is 20.0 Å². The molecule has 1 heterocycles. The summed E-state index contributed by atoms with van der Waals surface area (Å²) < 4.78 is 5.26. The third kappa shape index (κ3) is 3.58. The van der Waals surface area contributed by atoms with E-state index >= 15 is 0 Å². The summed E-state index contributed by atoms with van der Waals surface area (Å²) in [4.78, 5) is 6.43. The maximum atomic E-state index is 5.26. The van der Waals surface area contributed by atoms with Gasteiger partial charge in [-0.3, -0.25) is 0 Å². The van der Waals surface area contributed by atoms with Gasteiger partial charge in [0.15, 0.2) is 0 Å². The van der Waals surface area contributed by atoms with Crippen LogP contribution in [0.3, 0.4) is 0 Å². The number of oxime groups is 1. The van der Waals surface area contributed by atoms with Gasteiger partial charge in [-0.2, -0.15) is 0 Å². The summed E-state index contributed by atoms with van der Waals surface area (Å²) in [5.74, 6) is 0.811. The molecule has 3 nitrogen and oxygen atoms in total. The average Bonchev–Trinajstić information content (AvgIpc) is 2.92.